The quantitative estimate of drug-likeness (QED) is 0.794. The van der Waals surface area contributed by atoms with Crippen molar-refractivity contribution in [3.8, 4) is 0 Å². The summed E-state index contributed by atoms with van der Waals surface area (Å²) < 4.78 is 5.48. The second kappa shape index (κ2) is 5.06. The van der Waals surface area contributed by atoms with Crippen molar-refractivity contribution >= 4 is 5.69 Å². The highest BCUT2D eigenvalue weighted by Gasteiger charge is 1.99. The van der Waals surface area contributed by atoms with Crippen LogP contribution in [0.25, 0.3) is 0 Å². The van der Waals surface area contributed by atoms with Gasteiger partial charge in [-0.25, -0.2) is 0 Å². The lowest BCUT2D eigenvalue weighted by atomic mass is 10.1. The highest BCUT2D eigenvalue weighted by Crippen LogP contribution is 2.13. The van der Waals surface area contributed by atoms with Crippen molar-refractivity contribution < 1.29 is 4.42 Å². The first kappa shape index (κ1) is 11.7. The Morgan fingerprint density at radius 3 is 2.59 bits per heavy atom. The van der Waals surface area contributed by atoms with Gasteiger partial charge in [0.2, 0.25) is 0 Å². The molecular weight excluding hydrogens is 212 g/mol. The minimum Gasteiger partial charge on any atom is -0.465 e. The monoisotopic (exact) mass is 230 g/mol. The molecule has 1 aromatic carbocycles. The fourth-order valence-corrected chi connectivity index (χ4v) is 1.71. The molecule has 1 aromatic heterocycles. The van der Waals surface area contributed by atoms with Gasteiger partial charge in [-0.05, 0) is 43.2 Å². The standard InChI is InChI=1S/C14H18N2O/c1-10-3-5-12(7-14(10)15)8-16-9-13-6-4-11(2)17-13/h3-7,16H,8-9,15H2,1-2H3. The third-order valence-electron chi connectivity index (χ3n) is 2.77. The smallest absolute Gasteiger partial charge is 0.117 e. The minimum absolute atomic E-state index is 0.738. The van der Waals surface area contributed by atoms with E-state index in [1.807, 2.05) is 38.1 Å². The van der Waals surface area contributed by atoms with E-state index in [1.165, 1.54) is 5.56 Å². The molecule has 0 saturated carbocycles. The number of hydrogen-bond donors (Lipinski definition) is 2. The number of hydrogen-bond acceptors (Lipinski definition) is 3. The molecule has 0 amide bonds. The maximum atomic E-state index is 5.86. The van der Waals surface area contributed by atoms with Gasteiger partial charge < -0.3 is 15.5 Å². The lowest BCUT2D eigenvalue weighted by Gasteiger charge is -2.06. The van der Waals surface area contributed by atoms with Gasteiger partial charge in [-0.2, -0.15) is 0 Å². The average molecular weight is 230 g/mol. The summed E-state index contributed by atoms with van der Waals surface area (Å²) in [7, 11) is 0. The van der Waals surface area contributed by atoms with Crippen LogP contribution in [0.3, 0.4) is 0 Å². The molecule has 3 heteroatoms. The van der Waals surface area contributed by atoms with E-state index >= 15 is 0 Å². The summed E-state index contributed by atoms with van der Waals surface area (Å²) in [5, 5.41) is 3.33. The van der Waals surface area contributed by atoms with Crippen LogP contribution in [0.5, 0.6) is 0 Å². The third kappa shape index (κ3) is 3.11. The lowest BCUT2D eigenvalue weighted by Crippen LogP contribution is -2.12. The summed E-state index contributed by atoms with van der Waals surface area (Å²) in [5.74, 6) is 1.91. The Bertz CT molecular complexity index is 503. The number of benzene rings is 1. The van der Waals surface area contributed by atoms with E-state index in [-0.39, 0.29) is 0 Å². The van der Waals surface area contributed by atoms with E-state index in [4.69, 9.17) is 10.2 Å². The van der Waals surface area contributed by atoms with Gasteiger partial charge >= 0.3 is 0 Å². The average Bonchev–Trinajstić information content (AvgIpc) is 2.70. The van der Waals surface area contributed by atoms with Gasteiger partial charge in [-0.3, -0.25) is 0 Å². The first-order chi connectivity index (χ1) is 8.15. The lowest BCUT2D eigenvalue weighted by molar-refractivity contribution is 0.462. The zero-order valence-electron chi connectivity index (χ0n) is 10.3. The Morgan fingerprint density at radius 2 is 1.94 bits per heavy atom. The first-order valence-corrected chi connectivity index (χ1v) is 5.76. The molecule has 0 unspecified atom stereocenters. The summed E-state index contributed by atoms with van der Waals surface area (Å²) in [6.07, 6.45) is 0. The number of nitrogen functional groups attached to an aromatic ring is 1. The van der Waals surface area contributed by atoms with Gasteiger partial charge in [0.05, 0.1) is 6.54 Å². The SMILES string of the molecule is Cc1ccc(CNCc2ccc(C)c(N)c2)o1. The van der Waals surface area contributed by atoms with Crippen LogP contribution in [0.1, 0.15) is 22.6 Å². The second-order valence-corrected chi connectivity index (χ2v) is 4.31. The van der Waals surface area contributed by atoms with Crippen LogP contribution in [-0.4, -0.2) is 0 Å². The summed E-state index contributed by atoms with van der Waals surface area (Å²) >= 11 is 0. The van der Waals surface area contributed by atoms with E-state index in [1.54, 1.807) is 0 Å². The molecule has 0 radical (unpaired) electrons. The van der Waals surface area contributed by atoms with Gasteiger partial charge in [-0.15, -0.1) is 0 Å². The minimum atomic E-state index is 0.738. The summed E-state index contributed by atoms with van der Waals surface area (Å²) in [4.78, 5) is 0. The van der Waals surface area contributed by atoms with Crippen molar-refractivity contribution in [3.05, 3.63) is 53.0 Å². The van der Waals surface area contributed by atoms with Crippen molar-refractivity contribution in [2.24, 2.45) is 0 Å². The Morgan fingerprint density at radius 1 is 1.12 bits per heavy atom. The zero-order valence-corrected chi connectivity index (χ0v) is 10.3. The van der Waals surface area contributed by atoms with Gasteiger partial charge in [0.15, 0.2) is 0 Å². The van der Waals surface area contributed by atoms with Gasteiger partial charge in [0, 0.05) is 12.2 Å². The first-order valence-electron chi connectivity index (χ1n) is 5.76. The molecule has 3 nitrogen and oxygen atoms in total. The Hall–Kier alpha value is -1.74. The van der Waals surface area contributed by atoms with Crippen molar-refractivity contribution in [2.45, 2.75) is 26.9 Å². The molecule has 0 saturated heterocycles. The molecule has 0 aliphatic heterocycles. The van der Waals surface area contributed by atoms with E-state index < -0.39 is 0 Å². The number of aryl methyl sites for hydroxylation is 2. The van der Waals surface area contributed by atoms with Gasteiger partial charge in [-0.1, -0.05) is 12.1 Å². The molecule has 0 fully saturated rings. The summed E-state index contributed by atoms with van der Waals surface area (Å²) in [5.41, 5.74) is 9.02. The molecule has 17 heavy (non-hydrogen) atoms. The Labute approximate surface area is 102 Å². The summed E-state index contributed by atoms with van der Waals surface area (Å²) in [6, 6.07) is 10.1. The molecule has 0 aliphatic rings. The van der Waals surface area contributed by atoms with Crippen molar-refractivity contribution in [1.29, 1.82) is 0 Å². The largest absolute Gasteiger partial charge is 0.465 e. The van der Waals surface area contributed by atoms with Gasteiger partial charge in [0.25, 0.3) is 0 Å². The molecule has 2 rings (SSSR count). The normalized spacial score (nSPS) is 10.7. The number of anilines is 1. The Balaban J connectivity index is 1.87. The molecular formula is C14H18N2O. The van der Waals surface area contributed by atoms with Crippen LogP contribution in [0, 0.1) is 13.8 Å². The van der Waals surface area contributed by atoms with E-state index in [2.05, 4.69) is 11.4 Å². The molecule has 3 N–H and O–H groups in total. The summed E-state index contributed by atoms with van der Waals surface area (Å²) in [6.45, 7) is 5.49. The molecule has 2 aromatic rings. The van der Waals surface area contributed by atoms with Crippen LogP contribution < -0.4 is 11.1 Å². The molecule has 90 valence electrons. The van der Waals surface area contributed by atoms with Crippen LogP contribution in [-0.2, 0) is 13.1 Å². The van der Waals surface area contributed by atoms with E-state index in [9.17, 15) is 0 Å². The number of rotatable bonds is 4. The molecule has 0 aliphatic carbocycles. The van der Waals surface area contributed by atoms with Crippen LogP contribution >= 0.6 is 0 Å². The number of nitrogens with two attached hydrogens (primary N) is 1. The number of furan rings is 1. The predicted molar refractivity (Wildman–Crippen MR) is 69.6 cm³/mol. The molecule has 1 heterocycles. The van der Waals surface area contributed by atoms with Crippen molar-refractivity contribution in [2.75, 3.05) is 5.73 Å². The van der Waals surface area contributed by atoms with Crippen molar-refractivity contribution in [1.82, 2.24) is 5.32 Å². The zero-order chi connectivity index (χ0) is 12.3. The highest BCUT2D eigenvalue weighted by atomic mass is 16.3. The fourth-order valence-electron chi connectivity index (χ4n) is 1.71. The van der Waals surface area contributed by atoms with E-state index in [0.717, 1.165) is 35.9 Å². The fraction of sp³-hybridized carbons (Fsp3) is 0.286. The Kier molecular flexibility index (Phi) is 3.49. The predicted octanol–water partition coefficient (Wildman–Crippen LogP) is 2.77. The molecule has 0 bridgehead atoms. The molecule has 0 atom stereocenters. The molecule has 0 spiro atoms. The highest BCUT2D eigenvalue weighted by molar-refractivity contribution is 5.48. The second-order valence-electron chi connectivity index (χ2n) is 4.31. The van der Waals surface area contributed by atoms with Crippen molar-refractivity contribution in [3.63, 3.8) is 0 Å². The van der Waals surface area contributed by atoms with Crippen LogP contribution in [0.4, 0.5) is 5.69 Å². The van der Waals surface area contributed by atoms with Crippen LogP contribution in [0.15, 0.2) is 34.7 Å². The maximum absolute atomic E-state index is 5.86. The van der Waals surface area contributed by atoms with Gasteiger partial charge in [0.1, 0.15) is 11.5 Å². The third-order valence-corrected chi connectivity index (χ3v) is 2.77. The number of nitrogens with one attached hydrogen (secondary N) is 1. The van der Waals surface area contributed by atoms with E-state index in [0.29, 0.717) is 0 Å². The van der Waals surface area contributed by atoms with Crippen LogP contribution in [0.2, 0.25) is 0 Å². The maximum Gasteiger partial charge on any atom is 0.117 e. The topological polar surface area (TPSA) is 51.2 Å².